The molecular formula is C22H27N5O. The zero-order valence-corrected chi connectivity index (χ0v) is 16.9. The predicted molar refractivity (Wildman–Crippen MR) is 113 cm³/mol. The molecule has 6 nitrogen and oxygen atoms in total. The Bertz CT molecular complexity index is 886. The Hall–Kier alpha value is -3.15. The Morgan fingerprint density at radius 1 is 0.964 bits per heavy atom. The smallest absolute Gasteiger partial charge is 0.244 e. The highest BCUT2D eigenvalue weighted by atomic mass is 16.5. The summed E-state index contributed by atoms with van der Waals surface area (Å²) in [5, 5.41) is 14.6. The van der Waals surface area contributed by atoms with Gasteiger partial charge in [0, 0.05) is 12.2 Å². The number of benzene rings is 2. The van der Waals surface area contributed by atoms with Crippen molar-refractivity contribution in [2.75, 3.05) is 24.3 Å². The Morgan fingerprint density at radius 3 is 2.32 bits per heavy atom. The van der Waals surface area contributed by atoms with E-state index in [1.807, 2.05) is 12.1 Å². The number of rotatable bonds is 7. The van der Waals surface area contributed by atoms with Crippen LogP contribution >= 0.6 is 0 Å². The topological polar surface area (TPSA) is 72.0 Å². The second kappa shape index (κ2) is 8.69. The van der Waals surface area contributed by atoms with Crippen LogP contribution < -0.4 is 15.4 Å². The minimum Gasteiger partial charge on any atom is -0.497 e. The van der Waals surface area contributed by atoms with Crippen LogP contribution in [0.3, 0.4) is 0 Å². The van der Waals surface area contributed by atoms with Crippen molar-refractivity contribution in [3.8, 4) is 5.75 Å². The van der Waals surface area contributed by atoms with Gasteiger partial charge in [0.15, 0.2) is 5.82 Å². The van der Waals surface area contributed by atoms with E-state index < -0.39 is 0 Å². The number of hydrogen-bond acceptors (Lipinski definition) is 6. The number of nitrogens with one attached hydrogen (secondary N) is 2. The molecule has 28 heavy (non-hydrogen) atoms. The SMILES string of the molecule is COc1ccc(CCNc2nncc(Nc3ccc(C(C)(C)C)cc3)n2)cc1. The fourth-order valence-corrected chi connectivity index (χ4v) is 2.75. The van der Waals surface area contributed by atoms with E-state index in [2.05, 4.69) is 83.0 Å². The van der Waals surface area contributed by atoms with E-state index in [0.29, 0.717) is 11.8 Å². The van der Waals surface area contributed by atoms with Crippen LogP contribution in [0.25, 0.3) is 0 Å². The molecule has 0 aliphatic rings. The van der Waals surface area contributed by atoms with E-state index in [4.69, 9.17) is 4.74 Å². The summed E-state index contributed by atoms with van der Waals surface area (Å²) < 4.78 is 5.18. The van der Waals surface area contributed by atoms with E-state index in [1.54, 1.807) is 13.3 Å². The molecule has 0 unspecified atom stereocenters. The van der Waals surface area contributed by atoms with Gasteiger partial charge in [-0.25, -0.2) is 0 Å². The summed E-state index contributed by atoms with van der Waals surface area (Å²) in [6, 6.07) is 16.4. The van der Waals surface area contributed by atoms with Gasteiger partial charge in [-0.05, 0) is 47.2 Å². The lowest BCUT2D eigenvalue weighted by Gasteiger charge is -2.19. The number of aromatic nitrogens is 3. The second-order valence-corrected chi connectivity index (χ2v) is 7.64. The van der Waals surface area contributed by atoms with E-state index in [9.17, 15) is 0 Å². The summed E-state index contributed by atoms with van der Waals surface area (Å²) >= 11 is 0. The summed E-state index contributed by atoms with van der Waals surface area (Å²) in [6.45, 7) is 7.33. The molecule has 146 valence electrons. The molecule has 0 spiro atoms. The molecule has 0 fully saturated rings. The number of ether oxygens (including phenoxy) is 1. The Kier molecular flexibility index (Phi) is 6.09. The third kappa shape index (κ3) is 5.42. The molecule has 3 aromatic rings. The molecule has 1 heterocycles. The average Bonchev–Trinajstić information content (AvgIpc) is 2.69. The van der Waals surface area contributed by atoms with Crippen LogP contribution in [0.5, 0.6) is 5.75 Å². The van der Waals surface area contributed by atoms with Gasteiger partial charge in [-0.15, -0.1) is 5.10 Å². The molecule has 0 bridgehead atoms. The lowest BCUT2D eigenvalue weighted by Crippen LogP contribution is -2.11. The molecule has 0 saturated heterocycles. The minimum atomic E-state index is 0.135. The minimum absolute atomic E-state index is 0.135. The summed E-state index contributed by atoms with van der Waals surface area (Å²) in [4.78, 5) is 4.48. The predicted octanol–water partition coefficient (Wildman–Crippen LogP) is 4.58. The third-order valence-electron chi connectivity index (χ3n) is 4.44. The van der Waals surface area contributed by atoms with Gasteiger partial charge in [-0.3, -0.25) is 0 Å². The molecule has 0 atom stereocenters. The first-order chi connectivity index (χ1) is 13.4. The van der Waals surface area contributed by atoms with E-state index in [0.717, 1.165) is 24.4 Å². The molecule has 2 N–H and O–H groups in total. The molecule has 1 aromatic heterocycles. The highest BCUT2D eigenvalue weighted by molar-refractivity contribution is 5.56. The monoisotopic (exact) mass is 377 g/mol. The van der Waals surface area contributed by atoms with Crippen molar-refractivity contribution in [1.82, 2.24) is 15.2 Å². The number of methoxy groups -OCH3 is 1. The van der Waals surface area contributed by atoms with Crippen molar-refractivity contribution < 1.29 is 4.74 Å². The van der Waals surface area contributed by atoms with Gasteiger partial charge < -0.3 is 15.4 Å². The van der Waals surface area contributed by atoms with Crippen molar-refractivity contribution in [3.05, 3.63) is 65.9 Å². The second-order valence-electron chi connectivity index (χ2n) is 7.64. The van der Waals surface area contributed by atoms with Crippen LogP contribution in [0.4, 0.5) is 17.5 Å². The fourth-order valence-electron chi connectivity index (χ4n) is 2.75. The van der Waals surface area contributed by atoms with Crippen LogP contribution in [-0.2, 0) is 11.8 Å². The van der Waals surface area contributed by atoms with Crippen LogP contribution in [-0.4, -0.2) is 28.8 Å². The summed E-state index contributed by atoms with van der Waals surface area (Å²) in [5.41, 5.74) is 3.61. The number of anilines is 3. The van der Waals surface area contributed by atoms with Gasteiger partial charge in [0.2, 0.25) is 5.95 Å². The normalized spacial score (nSPS) is 11.1. The summed E-state index contributed by atoms with van der Waals surface area (Å²) in [5.74, 6) is 2.02. The Morgan fingerprint density at radius 2 is 1.68 bits per heavy atom. The maximum atomic E-state index is 5.18. The maximum Gasteiger partial charge on any atom is 0.244 e. The van der Waals surface area contributed by atoms with Gasteiger partial charge in [0.1, 0.15) is 5.75 Å². The van der Waals surface area contributed by atoms with Gasteiger partial charge >= 0.3 is 0 Å². The van der Waals surface area contributed by atoms with Crippen molar-refractivity contribution in [1.29, 1.82) is 0 Å². The largest absolute Gasteiger partial charge is 0.497 e. The van der Waals surface area contributed by atoms with Crippen molar-refractivity contribution in [3.63, 3.8) is 0 Å². The van der Waals surface area contributed by atoms with Gasteiger partial charge in [0.25, 0.3) is 0 Å². The van der Waals surface area contributed by atoms with Crippen LogP contribution in [0.2, 0.25) is 0 Å². The molecule has 0 aliphatic heterocycles. The highest BCUT2D eigenvalue weighted by Crippen LogP contribution is 2.24. The summed E-state index contributed by atoms with van der Waals surface area (Å²) in [7, 11) is 1.67. The molecule has 6 heteroatoms. The first kappa shape index (κ1) is 19.6. The number of nitrogens with zero attached hydrogens (tertiary/aromatic N) is 3. The lowest BCUT2D eigenvalue weighted by atomic mass is 9.87. The van der Waals surface area contributed by atoms with Crippen LogP contribution in [0.1, 0.15) is 31.9 Å². The van der Waals surface area contributed by atoms with Crippen molar-refractivity contribution in [2.24, 2.45) is 0 Å². The van der Waals surface area contributed by atoms with E-state index in [1.165, 1.54) is 11.1 Å². The van der Waals surface area contributed by atoms with Gasteiger partial charge in [0.05, 0.1) is 13.3 Å². The molecular weight excluding hydrogens is 350 g/mol. The average molecular weight is 377 g/mol. The maximum absolute atomic E-state index is 5.18. The van der Waals surface area contributed by atoms with E-state index in [-0.39, 0.29) is 5.41 Å². The Balaban J connectivity index is 1.56. The zero-order valence-electron chi connectivity index (χ0n) is 16.9. The number of hydrogen-bond donors (Lipinski definition) is 2. The van der Waals surface area contributed by atoms with Crippen molar-refractivity contribution in [2.45, 2.75) is 32.6 Å². The summed E-state index contributed by atoms with van der Waals surface area (Å²) in [6.07, 6.45) is 2.48. The molecule has 3 rings (SSSR count). The highest BCUT2D eigenvalue weighted by Gasteiger charge is 2.12. The van der Waals surface area contributed by atoms with Gasteiger partial charge in [-0.2, -0.15) is 10.1 Å². The lowest BCUT2D eigenvalue weighted by molar-refractivity contribution is 0.414. The van der Waals surface area contributed by atoms with Crippen LogP contribution in [0.15, 0.2) is 54.7 Å². The van der Waals surface area contributed by atoms with E-state index >= 15 is 0 Å². The molecule has 0 radical (unpaired) electrons. The van der Waals surface area contributed by atoms with Gasteiger partial charge in [-0.1, -0.05) is 45.0 Å². The quantitative estimate of drug-likeness (QED) is 0.628. The molecule has 0 amide bonds. The van der Waals surface area contributed by atoms with Crippen LogP contribution in [0, 0.1) is 0 Å². The first-order valence-corrected chi connectivity index (χ1v) is 9.38. The van der Waals surface area contributed by atoms with Crippen molar-refractivity contribution >= 4 is 17.5 Å². The molecule has 2 aromatic carbocycles. The fraction of sp³-hybridized carbons (Fsp3) is 0.318. The molecule has 0 saturated carbocycles. The first-order valence-electron chi connectivity index (χ1n) is 9.38. The zero-order chi connectivity index (χ0) is 20.0. The standard InChI is InChI=1S/C22H27N5O/c1-22(2,3)17-7-9-18(10-8-17)25-20-15-24-27-21(26-20)23-14-13-16-5-11-19(28-4)12-6-16/h5-12,15H,13-14H2,1-4H3,(H2,23,25,26,27). The molecule has 0 aliphatic carbocycles. The third-order valence-corrected chi connectivity index (χ3v) is 4.44. The Labute approximate surface area is 166 Å².